The Kier molecular flexibility index (Phi) is 3.95. The first kappa shape index (κ1) is 14.0. The van der Waals surface area contributed by atoms with Crippen LogP contribution in [0.2, 0.25) is 0 Å². The molecule has 2 unspecified atom stereocenters. The zero-order valence-corrected chi connectivity index (χ0v) is 9.82. The lowest BCUT2D eigenvalue weighted by molar-refractivity contribution is -0.145. The van der Waals surface area contributed by atoms with Gasteiger partial charge in [-0.15, -0.1) is 0 Å². The first-order valence-electron chi connectivity index (χ1n) is 5.29. The number of nitrogens with zero attached hydrogens (tertiary/aromatic N) is 2. The molecule has 8 heteroatoms. The molecule has 8 nitrogen and oxygen atoms in total. The topological polar surface area (TPSA) is 140 Å². The molecule has 1 amide bonds. The van der Waals surface area contributed by atoms with E-state index in [0.717, 1.165) is 0 Å². The second-order valence-corrected chi connectivity index (χ2v) is 4.21. The number of carboxylic acids is 1. The van der Waals surface area contributed by atoms with E-state index in [1.807, 2.05) is 0 Å². The van der Waals surface area contributed by atoms with Crippen LogP contribution in [0.15, 0.2) is 0 Å². The summed E-state index contributed by atoms with van der Waals surface area (Å²) in [5, 5.41) is 20.4. The van der Waals surface area contributed by atoms with E-state index in [4.69, 9.17) is 10.6 Å². The van der Waals surface area contributed by atoms with Crippen LogP contribution in [-0.4, -0.2) is 50.5 Å². The number of aliphatic hydroxyl groups excluding tert-OH is 1. The van der Waals surface area contributed by atoms with Crippen LogP contribution in [0.4, 0.5) is 0 Å². The number of aliphatic carboxylic acids is 1. The third-order valence-electron chi connectivity index (χ3n) is 3.01. The smallest absolute Gasteiger partial charge is 0.441 e. The fourth-order valence-electron chi connectivity index (χ4n) is 1.95. The predicted octanol–water partition coefficient (Wildman–Crippen LogP) is -1.56. The van der Waals surface area contributed by atoms with Crippen LogP contribution in [0.3, 0.4) is 0 Å². The zero-order valence-electron chi connectivity index (χ0n) is 9.82. The Morgan fingerprint density at radius 1 is 1.44 bits per heavy atom. The molecule has 0 aromatic carbocycles. The number of β-lactam (4-membered cyclic amide) rings is 1. The number of hydrogen-bond donors (Lipinski definition) is 3. The van der Waals surface area contributed by atoms with Crippen molar-refractivity contribution in [3.05, 3.63) is 5.53 Å². The van der Waals surface area contributed by atoms with E-state index in [1.54, 1.807) is 0 Å². The maximum atomic E-state index is 11.7. The number of amides is 1. The Morgan fingerprint density at radius 3 is 2.33 bits per heavy atom. The quantitative estimate of drug-likeness (QED) is 0.179. The summed E-state index contributed by atoms with van der Waals surface area (Å²) < 4.78 is 0. The number of Topliss-reactive ketones (excluding diaryl/α,β-unsaturated/α-hetero) is 1. The van der Waals surface area contributed by atoms with Crippen LogP contribution in [-0.2, 0) is 14.4 Å². The number of ketones is 1. The molecule has 1 saturated heterocycles. The molecule has 1 heterocycles. The molecular formula is C10H13N3O5. The fourth-order valence-corrected chi connectivity index (χ4v) is 1.95. The van der Waals surface area contributed by atoms with Gasteiger partial charge >= 0.3 is 11.7 Å². The Labute approximate surface area is 102 Å². The average Bonchev–Trinajstić information content (AvgIpc) is 2.24. The molecule has 1 fully saturated rings. The molecule has 0 spiro atoms. The van der Waals surface area contributed by atoms with Crippen molar-refractivity contribution in [1.29, 1.82) is 0 Å². The van der Waals surface area contributed by atoms with E-state index in [-0.39, 0.29) is 0 Å². The van der Waals surface area contributed by atoms with E-state index >= 15 is 0 Å². The predicted molar refractivity (Wildman–Crippen MR) is 57.5 cm³/mol. The van der Waals surface area contributed by atoms with Crippen molar-refractivity contribution in [2.24, 2.45) is 11.8 Å². The van der Waals surface area contributed by atoms with Crippen molar-refractivity contribution < 1.29 is 29.4 Å². The first-order chi connectivity index (χ1) is 8.31. The van der Waals surface area contributed by atoms with E-state index in [0.29, 0.717) is 0 Å². The van der Waals surface area contributed by atoms with Gasteiger partial charge in [-0.1, -0.05) is 6.92 Å². The Balaban J connectivity index is 2.86. The second-order valence-electron chi connectivity index (χ2n) is 4.21. The molecule has 0 aromatic rings. The minimum atomic E-state index is -1.64. The van der Waals surface area contributed by atoms with Crippen molar-refractivity contribution in [2.75, 3.05) is 0 Å². The lowest BCUT2D eigenvalue weighted by Crippen LogP contribution is -2.66. The summed E-state index contributed by atoms with van der Waals surface area (Å²) in [4.78, 5) is 36.0. The molecule has 4 atom stereocenters. The normalized spacial score (nSPS) is 25.2. The lowest BCUT2D eigenvalue weighted by Gasteiger charge is -2.40. The van der Waals surface area contributed by atoms with Gasteiger partial charge in [-0.3, -0.25) is 9.59 Å². The number of carboxylic acid groups (broad SMARTS) is 1. The van der Waals surface area contributed by atoms with Crippen LogP contribution < -0.4 is 5.32 Å². The van der Waals surface area contributed by atoms with E-state index < -0.39 is 47.4 Å². The maximum absolute atomic E-state index is 11.7. The number of carbonyl (C=O) groups excluding carboxylic acids is 2. The van der Waals surface area contributed by atoms with Gasteiger partial charge < -0.3 is 21.1 Å². The maximum Gasteiger partial charge on any atom is 0.441 e. The molecule has 0 bridgehead atoms. The molecule has 1 aliphatic rings. The molecule has 98 valence electrons. The minimum absolute atomic E-state index is 0.396. The third kappa shape index (κ3) is 2.29. The molecule has 1 aliphatic heterocycles. The van der Waals surface area contributed by atoms with Crippen molar-refractivity contribution in [1.82, 2.24) is 5.32 Å². The number of rotatable bonds is 5. The van der Waals surface area contributed by atoms with Crippen molar-refractivity contribution >= 4 is 23.4 Å². The summed E-state index contributed by atoms with van der Waals surface area (Å²) in [6, 6.07) is -0.666. The number of aliphatic hydroxyl groups is 1. The van der Waals surface area contributed by atoms with Gasteiger partial charge in [0.1, 0.15) is 0 Å². The first-order valence-corrected chi connectivity index (χ1v) is 5.29. The number of nitrogens with one attached hydrogen (secondary N) is 1. The van der Waals surface area contributed by atoms with Crippen LogP contribution >= 0.6 is 0 Å². The number of hydrogen-bond acceptors (Lipinski definition) is 4. The summed E-state index contributed by atoms with van der Waals surface area (Å²) >= 11 is 0. The molecule has 0 aliphatic carbocycles. The highest BCUT2D eigenvalue weighted by molar-refractivity contribution is 6.62. The van der Waals surface area contributed by atoms with Gasteiger partial charge in [-0.2, -0.15) is 4.79 Å². The summed E-state index contributed by atoms with van der Waals surface area (Å²) in [6.07, 6.45) is -0.946. The average molecular weight is 255 g/mol. The van der Waals surface area contributed by atoms with Crippen LogP contribution in [0.5, 0.6) is 0 Å². The fraction of sp³-hybridized carbons (Fsp3) is 0.600. The molecule has 0 radical (unpaired) electrons. The van der Waals surface area contributed by atoms with Crippen molar-refractivity contribution in [3.8, 4) is 0 Å². The SMILES string of the molecule is CC(C(=O)C(=[N+]=[N-])C(=O)O)[C@H]1NC(=O)[C@@H]1C(C)O. The second kappa shape index (κ2) is 5.07. The highest BCUT2D eigenvalue weighted by atomic mass is 16.4. The Bertz CT molecular complexity index is 452. The van der Waals surface area contributed by atoms with Crippen LogP contribution in [0.25, 0.3) is 5.53 Å². The van der Waals surface area contributed by atoms with Gasteiger partial charge in [0.2, 0.25) is 5.91 Å². The summed E-state index contributed by atoms with van der Waals surface area (Å²) in [7, 11) is 0. The monoisotopic (exact) mass is 255 g/mol. The van der Waals surface area contributed by atoms with E-state index in [1.165, 1.54) is 13.8 Å². The highest BCUT2D eigenvalue weighted by Gasteiger charge is 2.49. The van der Waals surface area contributed by atoms with Gasteiger partial charge in [-0.25, -0.2) is 4.79 Å². The molecule has 1 rings (SSSR count). The summed E-state index contributed by atoms with van der Waals surface area (Å²) in [5.41, 5.74) is 7.47. The van der Waals surface area contributed by atoms with Gasteiger partial charge in [-0.05, 0) is 6.92 Å². The molecule has 0 saturated carbocycles. The zero-order chi connectivity index (χ0) is 14.0. The van der Waals surface area contributed by atoms with E-state index in [9.17, 15) is 19.5 Å². The van der Waals surface area contributed by atoms with Crippen molar-refractivity contribution in [2.45, 2.75) is 26.0 Å². The number of carbonyl (C=O) groups is 3. The molecule has 3 N–H and O–H groups in total. The molecular weight excluding hydrogens is 242 g/mol. The highest BCUT2D eigenvalue weighted by Crippen LogP contribution is 2.26. The van der Waals surface area contributed by atoms with Crippen LogP contribution in [0, 0.1) is 11.8 Å². The van der Waals surface area contributed by atoms with Gasteiger partial charge in [0, 0.05) is 5.92 Å². The van der Waals surface area contributed by atoms with Gasteiger partial charge in [0.25, 0.3) is 5.78 Å². The van der Waals surface area contributed by atoms with Gasteiger partial charge in [0.05, 0.1) is 18.1 Å². The molecule has 18 heavy (non-hydrogen) atoms. The lowest BCUT2D eigenvalue weighted by atomic mass is 9.76. The summed E-state index contributed by atoms with van der Waals surface area (Å²) in [6.45, 7) is 2.81. The van der Waals surface area contributed by atoms with Crippen molar-refractivity contribution in [3.63, 3.8) is 0 Å². The van der Waals surface area contributed by atoms with Gasteiger partial charge in [0.15, 0.2) is 0 Å². The standard InChI is InChI=1S/C10H13N3O5/c1-3(8(15)7(13-11)10(17)18)6-5(4(2)14)9(16)12-6/h3-6,14H,1-2H3,(H,12,16)(H,17,18)/t3?,4?,5-,6-/m1/s1. The molecule has 0 aromatic heterocycles. The van der Waals surface area contributed by atoms with Crippen LogP contribution in [0.1, 0.15) is 13.8 Å². The summed E-state index contributed by atoms with van der Waals surface area (Å²) in [5.74, 6) is -4.61. The largest absolute Gasteiger partial charge is 0.472 e. The third-order valence-corrected chi connectivity index (χ3v) is 3.01. The minimum Gasteiger partial charge on any atom is -0.472 e. The Hall–Kier alpha value is -2.05. The Morgan fingerprint density at radius 2 is 2.00 bits per heavy atom. The van der Waals surface area contributed by atoms with E-state index in [2.05, 4.69) is 10.1 Å².